The van der Waals surface area contributed by atoms with Gasteiger partial charge >= 0.3 is 5.97 Å². The van der Waals surface area contributed by atoms with Gasteiger partial charge in [0.2, 0.25) is 5.91 Å². The Morgan fingerprint density at radius 2 is 2.22 bits per heavy atom. The molecule has 2 unspecified atom stereocenters. The van der Waals surface area contributed by atoms with Gasteiger partial charge in [-0.25, -0.2) is 0 Å². The van der Waals surface area contributed by atoms with E-state index in [0.29, 0.717) is 12.3 Å². The number of thioether (sulfide) groups is 1. The van der Waals surface area contributed by atoms with Gasteiger partial charge < -0.3 is 15.7 Å². The van der Waals surface area contributed by atoms with Crippen molar-refractivity contribution in [3.8, 4) is 0 Å². The highest BCUT2D eigenvalue weighted by Gasteiger charge is 2.33. The first-order valence-corrected chi connectivity index (χ1v) is 7.48. The van der Waals surface area contributed by atoms with E-state index in [0.717, 1.165) is 12.2 Å². The monoisotopic (exact) mass is 274 g/mol. The standard InChI is InChI=1S/C12H22N2O3S/c1-3-8(2)11(13)12(17)14-4-5-18-7-9(14)6-10(15)16/h8-9,11H,3-7,13H2,1-2H3,(H,15,16)/t8?,9?,11-/m0/s1. The highest BCUT2D eigenvalue weighted by atomic mass is 32.2. The number of hydrogen-bond acceptors (Lipinski definition) is 4. The van der Waals surface area contributed by atoms with E-state index in [-0.39, 0.29) is 24.3 Å². The number of nitrogens with two attached hydrogens (primary N) is 1. The number of carbonyl (C=O) groups excluding carboxylic acids is 1. The number of aliphatic carboxylic acids is 1. The Bertz CT molecular complexity index is 312. The highest BCUT2D eigenvalue weighted by Crippen LogP contribution is 2.21. The molecule has 1 fully saturated rings. The normalized spacial score (nSPS) is 23.5. The molecule has 5 nitrogen and oxygen atoms in total. The van der Waals surface area contributed by atoms with Crippen LogP contribution in [0.3, 0.4) is 0 Å². The van der Waals surface area contributed by atoms with Crippen LogP contribution in [0.15, 0.2) is 0 Å². The van der Waals surface area contributed by atoms with Crippen LogP contribution >= 0.6 is 11.8 Å². The molecule has 0 saturated carbocycles. The van der Waals surface area contributed by atoms with Crippen molar-refractivity contribution in [1.29, 1.82) is 0 Å². The second-order valence-electron chi connectivity index (χ2n) is 4.77. The largest absolute Gasteiger partial charge is 0.481 e. The van der Waals surface area contributed by atoms with Crippen molar-refractivity contribution in [3.05, 3.63) is 0 Å². The first-order valence-electron chi connectivity index (χ1n) is 6.33. The van der Waals surface area contributed by atoms with E-state index in [9.17, 15) is 9.59 Å². The molecule has 3 N–H and O–H groups in total. The fraction of sp³-hybridized carbons (Fsp3) is 0.833. The molecule has 0 aromatic carbocycles. The van der Waals surface area contributed by atoms with Gasteiger partial charge in [-0.2, -0.15) is 11.8 Å². The van der Waals surface area contributed by atoms with Crippen LogP contribution in [0, 0.1) is 5.92 Å². The van der Waals surface area contributed by atoms with Crippen LogP contribution in [-0.4, -0.2) is 52.0 Å². The summed E-state index contributed by atoms with van der Waals surface area (Å²) in [5.41, 5.74) is 5.95. The van der Waals surface area contributed by atoms with Crippen molar-refractivity contribution >= 4 is 23.6 Å². The van der Waals surface area contributed by atoms with E-state index >= 15 is 0 Å². The molecule has 1 amide bonds. The van der Waals surface area contributed by atoms with Crippen LogP contribution in [0.25, 0.3) is 0 Å². The molecule has 0 bridgehead atoms. The minimum absolute atomic E-state index is 0.00592. The lowest BCUT2D eigenvalue weighted by Gasteiger charge is -2.37. The second-order valence-corrected chi connectivity index (χ2v) is 5.92. The van der Waals surface area contributed by atoms with Gasteiger partial charge in [0.25, 0.3) is 0 Å². The predicted octanol–water partition coefficient (Wildman–Crippen LogP) is 0.778. The first kappa shape index (κ1) is 15.3. The van der Waals surface area contributed by atoms with Crippen molar-refractivity contribution in [2.45, 2.75) is 38.8 Å². The van der Waals surface area contributed by atoms with Crippen molar-refractivity contribution < 1.29 is 14.7 Å². The van der Waals surface area contributed by atoms with Crippen LogP contribution in [0.4, 0.5) is 0 Å². The summed E-state index contributed by atoms with van der Waals surface area (Å²) < 4.78 is 0. The molecular weight excluding hydrogens is 252 g/mol. The Hall–Kier alpha value is -0.750. The van der Waals surface area contributed by atoms with Gasteiger partial charge in [-0.15, -0.1) is 0 Å². The summed E-state index contributed by atoms with van der Waals surface area (Å²) in [7, 11) is 0. The number of carboxylic acids is 1. The summed E-state index contributed by atoms with van der Waals surface area (Å²) in [4.78, 5) is 24.8. The molecule has 1 saturated heterocycles. The van der Waals surface area contributed by atoms with E-state index in [1.807, 2.05) is 13.8 Å². The van der Waals surface area contributed by atoms with Gasteiger partial charge in [-0.05, 0) is 5.92 Å². The van der Waals surface area contributed by atoms with Crippen LogP contribution in [-0.2, 0) is 9.59 Å². The van der Waals surface area contributed by atoms with E-state index in [2.05, 4.69) is 0 Å². The molecule has 1 aliphatic heterocycles. The Kier molecular flexibility index (Phi) is 5.95. The Labute approximate surface area is 112 Å². The first-order chi connectivity index (χ1) is 8.47. The number of nitrogens with zero attached hydrogens (tertiary/aromatic N) is 1. The lowest BCUT2D eigenvalue weighted by molar-refractivity contribution is -0.141. The third kappa shape index (κ3) is 3.88. The SMILES string of the molecule is CCC(C)[C@H](N)C(=O)N1CCSCC1CC(=O)O. The number of amides is 1. The van der Waals surface area contributed by atoms with Crippen LogP contribution < -0.4 is 5.73 Å². The smallest absolute Gasteiger partial charge is 0.305 e. The van der Waals surface area contributed by atoms with Crippen molar-refractivity contribution in [3.63, 3.8) is 0 Å². The zero-order valence-electron chi connectivity index (χ0n) is 11.0. The fourth-order valence-corrected chi connectivity index (χ4v) is 3.07. The lowest BCUT2D eigenvalue weighted by atomic mass is 9.98. The van der Waals surface area contributed by atoms with Crippen LogP contribution in [0.1, 0.15) is 26.7 Å². The van der Waals surface area contributed by atoms with Crippen molar-refractivity contribution in [2.75, 3.05) is 18.1 Å². The molecule has 0 radical (unpaired) electrons. The van der Waals surface area contributed by atoms with Gasteiger partial charge in [-0.3, -0.25) is 9.59 Å². The Balaban J connectivity index is 2.70. The van der Waals surface area contributed by atoms with E-state index < -0.39 is 12.0 Å². The highest BCUT2D eigenvalue weighted by molar-refractivity contribution is 7.99. The maximum absolute atomic E-state index is 12.3. The molecule has 18 heavy (non-hydrogen) atoms. The van der Waals surface area contributed by atoms with E-state index in [1.54, 1.807) is 16.7 Å². The van der Waals surface area contributed by atoms with Gasteiger partial charge in [0.15, 0.2) is 0 Å². The molecular formula is C12H22N2O3S. The fourth-order valence-electron chi connectivity index (χ4n) is 2.00. The maximum atomic E-state index is 12.3. The maximum Gasteiger partial charge on any atom is 0.305 e. The molecule has 1 aliphatic rings. The average Bonchev–Trinajstić information content (AvgIpc) is 2.36. The van der Waals surface area contributed by atoms with Crippen LogP contribution in [0.5, 0.6) is 0 Å². The summed E-state index contributed by atoms with van der Waals surface area (Å²) in [5.74, 6) is 0.700. The summed E-state index contributed by atoms with van der Waals surface area (Å²) in [5, 5.41) is 8.88. The predicted molar refractivity (Wildman–Crippen MR) is 72.5 cm³/mol. The molecule has 0 spiro atoms. The molecule has 1 rings (SSSR count). The number of rotatable bonds is 5. The van der Waals surface area contributed by atoms with Crippen molar-refractivity contribution in [2.24, 2.45) is 11.7 Å². The zero-order chi connectivity index (χ0) is 13.7. The minimum Gasteiger partial charge on any atom is -0.481 e. The average molecular weight is 274 g/mol. The molecule has 6 heteroatoms. The molecule has 0 aromatic rings. The summed E-state index contributed by atoms with van der Waals surface area (Å²) in [6.45, 7) is 4.55. The van der Waals surface area contributed by atoms with Crippen molar-refractivity contribution in [1.82, 2.24) is 4.90 Å². The van der Waals surface area contributed by atoms with Gasteiger partial charge in [0.1, 0.15) is 0 Å². The summed E-state index contributed by atoms with van der Waals surface area (Å²) in [6, 6.07) is -0.738. The van der Waals surface area contributed by atoms with Gasteiger partial charge in [-0.1, -0.05) is 20.3 Å². The molecule has 0 aromatic heterocycles. The summed E-state index contributed by atoms with van der Waals surface area (Å²) in [6.07, 6.45) is 0.852. The topological polar surface area (TPSA) is 83.6 Å². The summed E-state index contributed by atoms with van der Waals surface area (Å²) >= 11 is 1.69. The zero-order valence-corrected chi connectivity index (χ0v) is 11.8. The number of hydrogen-bond donors (Lipinski definition) is 2. The third-order valence-corrected chi connectivity index (χ3v) is 4.55. The minimum atomic E-state index is -0.864. The Morgan fingerprint density at radius 1 is 1.56 bits per heavy atom. The quantitative estimate of drug-likeness (QED) is 0.774. The van der Waals surface area contributed by atoms with Gasteiger partial charge in [0.05, 0.1) is 18.5 Å². The van der Waals surface area contributed by atoms with Gasteiger partial charge in [0, 0.05) is 18.1 Å². The number of carbonyl (C=O) groups is 2. The molecule has 104 valence electrons. The van der Waals surface area contributed by atoms with E-state index in [4.69, 9.17) is 10.8 Å². The van der Waals surface area contributed by atoms with E-state index in [1.165, 1.54) is 0 Å². The molecule has 0 aliphatic carbocycles. The second kappa shape index (κ2) is 6.99. The Morgan fingerprint density at radius 3 is 2.78 bits per heavy atom. The van der Waals surface area contributed by atoms with Crippen LogP contribution in [0.2, 0.25) is 0 Å². The number of carboxylic acid groups (broad SMARTS) is 1. The molecule has 3 atom stereocenters. The third-order valence-electron chi connectivity index (χ3n) is 3.46. The lowest BCUT2D eigenvalue weighted by Crippen LogP contribution is -2.54. The molecule has 1 heterocycles.